The number of carbonyl (C=O) groups is 3. The van der Waals surface area contributed by atoms with Crippen LogP contribution in [0.4, 0.5) is 0 Å². The van der Waals surface area contributed by atoms with E-state index in [1.54, 1.807) is 35.4 Å². The van der Waals surface area contributed by atoms with E-state index < -0.39 is 27.9 Å². The molecule has 3 aromatic rings. The second kappa shape index (κ2) is 11.5. The molecule has 41 heavy (non-hydrogen) atoms. The number of benzene rings is 2. The van der Waals surface area contributed by atoms with E-state index in [2.05, 4.69) is 5.32 Å². The number of furan rings is 1. The van der Waals surface area contributed by atoms with E-state index >= 15 is 0 Å². The standard InChI is InChI=1S/C28H27Cl2N3O7S/c1-41(38,39)33-8-2-3-16(14-33)11-22(28(36)37)31-26(34)24-21(29)12-19-15-32(9-6-20(19)25(24)30)27(35)18-5-4-17-7-10-40-23(17)13-18/h3-5,7,10,12-13,22H,2,6,8-9,11,14-15H2,1H3,(H,31,34)(H,36,37). The van der Waals surface area contributed by atoms with Crippen LogP contribution < -0.4 is 5.32 Å². The van der Waals surface area contributed by atoms with Crippen LogP contribution in [0, 0.1) is 0 Å². The maximum atomic E-state index is 13.3. The zero-order valence-electron chi connectivity index (χ0n) is 22.0. The molecule has 2 amide bonds. The molecule has 1 atom stereocenters. The lowest BCUT2D eigenvalue weighted by Crippen LogP contribution is -2.43. The number of sulfonamides is 1. The van der Waals surface area contributed by atoms with Crippen molar-refractivity contribution in [3.05, 3.63) is 80.5 Å². The first-order valence-corrected chi connectivity index (χ1v) is 15.5. The Morgan fingerprint density at radius 3 is 2.63 bits per heavy atom. The van der Waals surface area contributed by atoms with Gasteiger partial charge in [-0.25, -0.2) is 13.2 Å². The predicted molar refractivity (Wildman–Crippen MR) is 154 cm³/mol. The summed E-state index contributed by atoms with van der Waals surface area (Å²) in [6.45, 7) is 0.958. The molecule has 2 aliphatic heterocycles. The van der Waals surface area contributed by atoms with Gasteiger partial charge in [0.15, 0.2) is 0 Å². The first-order chi connectivity index (χ1) is 19.4. The largest absolute Gasteiger partial charge is 0.480 e. The molecule has 13 heteroatoms. The van der Waals surface area contributed by atoms with Gasteiger partial charge in [0.2, 0.25) is 10.0 Å². The number of carboxylic acid groups (broad SMARTS) is 1. The van der Waals surface area contributed by atoms with E-state index in [0.717, 1.165) is 11.6 Å². The van der Waals surface area contributed by atoms with Gasteiger partial charge < -0.3 is 19.7 Å². The highest BCUT2D eigenvalue weighted by Gasteiger charge is 2.31. The van der Waals surface area contributed by atoms with Crippen LogP contribution in [0.1, 0.15) is 44.7 Å². The fourth-order valence-corrected chi connectivity index (χ4v) is 6.81. The van der Waals surface area contributed by atoms with Gasteiger partial charge in [0.1, 0.15) is 11.6 Å². The van der Waals surface area contributed by atoms with E-state index in [9.17, 15) is 27.9 Å². The molecule has 2 aliphatic rings. The first-order valence-electron chi connectivity index (χ1n) is 12.9. The third-order valence-electron chi connectivity index (χ3n) is 7.35. The van der Waals surface area contributed by atoms with Crippen LogP contribution in [-0.2, 0) is 27.8 Å². The van der Waals surface area contributed by atoms with Gasteiger partial charge in [-0.05, 0) is 48.2 Å². The molecule has 10 nitrogen and oxygen atoms in total. The lowest BCUT2D eigenvalue weighted by Gasteiger charge is -2.30. The van der Waals surface area contributed by atoms with E-state index in [1.807, 2.05) is 12.1 Å². The summed E-state index contributed by atoms with van der Waals surface area (Å²) in [7, 11) is -3.44. The summed E-state index contributed by atoms with van der Waals surface area (Å²) in [6.07, 6.45) is 5.20. The van der Waals surface area contributed by atoms with E-state index in [-0.39, 0.29) is 41.0 Å². The lowest BCUT2D eigenvalue weighted by atomic mass is 9.95. The maximum absolute atomic E-state index is 13.3. The summed E-state index contributed by atoms with van der Waals surface area (Å²) in [5, 5.41) is 13.3. The molecule has 1 aromatic heterocycles. The molecule has 3 heterocycles. The van der Waals surface area contributed by atoms with Crippen LogP contribution in [0.15, 0.2) is 52.7 Å². The molecule has 0 radical (unpaired) electrons. The Morgan fingerprint density at radius 2 is 1.90 bits per heavy atom. The van der Waals surface area contributed by atoms with Crippen LogP contribution in [0.3, 0.4) is 0 Å². The monoisotopic (exact) mass is 619 g/mol. The van der Waals surface area contributed by atoms with Gasteiger partial charge in [-0.2, -0.15) is 4.31 Å². The topological polar surface area (TPSA) is 137 Å². The first kappa shape index (κ1) is 29.1. The molecule has 5 rings (SSSR count). The number of hydrogen-bond acceptors (Lipinski definition) is 6. The molecular weight excluding hydrogens is 593 g/mol. The van der Waals surface area contributed by atoms with E-state index in [1.165, 1.54) is 4.31 Å². The van der Waals surface area contributed by atoms with Crippen molar-refractivity contribution in [2.24, 2.45) is 0 Å². The van der Waals surface area contributed by atoms with Gasteiger partial charge in [0.25, 0.3) is 11.8 Å². The van der Waals surface area contributed by atoms with E-state index in [4.69, 9.17) is 27.6 Å². The molecule has 0 saturated carbocycles. The third-order valence-corrected chi connectivity index (χ3v) is 9.32. The summed E-state index contributed by atoms with van der Waals surface area (Å²) in [6, 6.07) is 7.33. The molecular formula is C28H27Cl2N3O7S. The Morgan fingerprint density at radius 1 is 1.12 bits per heavy atom. The Kier molecular flexibility index (Phi) is 8.15. The number of amides is 2. The summed E-state index contributed by atoms with van der Waals surface area (Å²) in [5.41, 5.74) is 3.00. The fourth-order valence-electron chi connectivity index (χ4n) is 5.21. The van der Waals surface area contributed by atoms with Crippen LogP contribution in [0.2, 0.25) is 10.0 Å². The van der Waals surface area contributed by atoms with Crippen molar-refractivity contribution >= 4 is 62.0 Å². The number of halogens is 2. The average molecular weight is 621 g/mol. The number of nitrogens with one attached hydrogen (secondary N) is 1. The van der Waals surface area contributed by atoms with Crippen molar-refractivity contribution in [3.63, 3.8) is 0 Å². The Balaban J connectivity index is 1.32. The van der Waals surface area contributed by atoms with E-state index in [0.29, 0.717) is 53.8 Å². The maximum Gasteiger partial charge on any atom is 0.326 e. The summed E-state index contributed by atoms with van der Waals surface area (Å²) < 4.78 is 30.5. The van der Waals surface area contributed by atoms with Crippen molar-refractivity contribution < 1.29 is 32.3 Å². The third kappa shape index (κ3) is 6.13. The highest BCUT2D eigenvalue weighted by Crippen LogP contribution is 2.35. The van der Waals surface area contributed by atoms with Crippen LogP contribution in [0.5, 0.6) is 0 Å². The number of hydrogen-bond donors (Lipinski definition) is 2. The normalized spacial score (nSPS) is 16.7. The zero-order valence-corrected chi connectivity index (χ0v) is 24.4. The molecule has 1 unspecified atom stereocenters. The highest BCUT2D eigenvalue weighted by molar-refractivity contribution is 7.88. The Bertz CT molecular complexity index is 1700. The number of rotatable bonds is 7. The van der Waals surface area contributed by atoms with Crippen molar-refractivity contribution in [2.45, 2.75) is 31.8 Å². The second-order valence-electron chi connectivity index (χ2n) is 10.2. The van der Waals surface area contributed by atoms with Crippen molar-refractivity contribution in [1.29, 1.82) is 0 Å². The van der Waals surface area contributed by atoms with Gasteiger partial charge >= 0.3 is 5.97 Å². The molecule has 0 bridgehead atoms. The molecule has 0 aliphatic carbocycles. The number of aliphatic carboxylic acids is 1. The number of fused-ring (bicyclic) bond motifs is 2. The number of nitrogens with zero attached hydrogens (tertiary/aromatic N) is 2. The molecule has 2 aromatic carbocycles. The van der Waals surface area contributed by atoms with Crippen molar-refractivity contribution in [1.82, 2.24) is 14.5 Å². The van der Waals surface area contributed by atoms with Crippen LogP contribution >= 0.6 is 23.2 Å². The summed E-state index contributed by atoms with van der Waals surface area (Å²) in [4.78, 5) is 40.1. The minimum absolute atomic E-state index is 0.0295. The molecule has 0 saturated heterocycles. The van der Waals surface area contributed by atoms with Crippen LogP contribution in [0.25, 0.3) is 11.0 Å². The number of carbonyl (C=O) groups excluding carboxylic acids is 2. The Hall–Kier alpha value is -3.38. The number of carboxylic acids is 1. The van der Waals surface area contributed by atoms with Gasteiger partial charge in [0, 0.05) is 43.5 Å². The summed E-state index contributed by atoms with van der Waals surface area (Å²) in [5.74, 6) is -2.21. The van der Waals surface area contributed by atoms with Gasteiger partial charge in [-0.3, -0.25) is 9.59 Å². The average Bonchev–Trinajstić information content (AvgIpc) is 3.39. The van der Waals surface area contributed by atoms with Crippen molar-refractivity contribution in [2.75, 3.05) is 25.9 Å². The summed E-state index contributed by atoms with van der Waals surface area (Å²) >= 11 is 13.1. The predicted octanol–water partition coefficient (Wildman–Crippen LogP) is 4.10. The van der Waals surface area contributed by atoms with Crippen molar-refractivity contribution in [3.8, 4) is 0 Å². The molecule has 0 spiro atoms. The lowest BCUT2D eigenvalue weighted by molar-refractivity contribution is -0.139. The molecule has 2 N–H and O–H groups in total. The Labute approximate surface area is 246 Å². The van der Waals surface area contributed by atoms with Crippen LogP contribution in [-0.4, -0.2) is 72.4 Å². The SMILES string of the molecule is CS(=O)(=O)N1CCC=C(CC(NC(=O)c2c(Cl)cc3c(c2Cl)CCN(C(=O)c2ccc4ccoc4c2)C3)C(=O)O)C1. The minimum atomic E-state index is -3.44. The quantitative estimate of drug-likeness (QED) is 0.380. The molecule has 216 valence electrons. The van der Waals surface area contributed by atoms with Gasteiger partial charge in [-0.1, -0.05) is 40.9 Å². The van der Waals surface area contributed by atoms with Gasteiger partial charge in [0.05, 0.1) is 28.1 Å². The second-order valence-corrected chi connectivity index (χ2v) is 12.9. The smallest absolute Gasteiger partial charge is 0.326 e. The van der Waals surface area contributed by atoms with Gasteiger partial charge in [-0.15, -0.1) is 0 Å². The minimum Gasteiger partial charge on any atom is -0.480 e. The zero-order chi connectivity index (χ0) is 29.5. The highest BCUT2D eigenvalue weighted by atomic mass is 35.5. The molecule has 0 fully saturated rings. The fraction of sp³-hybridized carbons (Fsp3) is 0.321.